The first-order chi connectivity index (χ1) is 12.9. The zero-order chi connectivity index (χ0) is 20.0. The van der Waals surface area contributed by atoms with Crippen LogP contribution in [0.3, 0.4) is 0 Å². The molecule has 0 aliphatic heterocycles. The van der Waals surface area contributed by atoms with E-state index in [1.54, 1.807) is 38.5 Å². The maximum Gasteiger partial charge on any atom is 0.371 e. The number of carboxylic acids is 1. The van der Waals surface area contributed by atoms with Gasteiger partial charge >= 0.3 is 5.97 Å². The van der Waals surface area contributed by atoms with E-state index in [-0.39, 0.29) is 0 Å². The van der Waals surface area contributed by atoms with E-state index in [0.717, 1.165) is 11.1 Å². The van der Waals surface area contributed by atoms with Crippen LogP contribution in [-0.2, 0) is 9.59 Å². The molecule has 2 rings (SSSR count). The van der Waals surface area contributed by atoms with E-state index >= 15 is 0 Å². The highest BCUT2D eigenvalue weighted by atomic mass is 16.5. The molecule has 142 valence electrons. The van der Waals surface area contributed by atoms with Gasteiger partial charge in [-0.25, -0.2) is 4.79 Å². The van der Waals surface area contributed by atoms with Crippen LogP contribution in [-0.4, -0.2) is 48.3 Å². The van der Waals surface area contributed by atoms with Gasteiger partial charge in [0.05, 0.1) is 26.3 Å². The van der Waals surface area contributed by atoms with Gasteiger partial charge in [0, 0.05) is 7.05 Å². The Morgan fingerprint density at radius 3 is 1.63 bits per heavy atom. The van der Waals surface area contributed by atoms with Crippen LogP contribution in [0.2, 0.25) is 0 Å². The number of aliphatic carboxylic acids is 1. The summed E-state index contributed by atoms with van der Waals surface area (Å²) < 4.78 is 10.3. The highest BCUT2D eigenvalue weighted by Crippen LogP contribution is 2.30. The maximum absolute atomic E-state index is 12.5. The number of carbonyl (C=O) groups excluding carboxylic acids is 1. The lowest BCUT2D eigenvalue weighted by Crippen LogP contribution is -2.31. The van der Waals surface area contributed by atoms with E-state index in [1.165, 1.54) is 11.9 Å². The van der Waals surface area contributed by atoms with E-state index in [4.69, 9.17) is 14.6 Å². The Labute approximate surface area is 157 Å². The van der Waals surface area contributed by atoms with Crippen molar-refractivity contribution in [3.8, 4) is 11.5 Å². The summed E-state index contributed by atoms with van der Waals surface area (Å²) in [5.41, 5.74) is 1.58. The lowest BCUT2D eigenvalue weighted by Gasteiger charge is -2.28. The summed E-state index contributed by atoms with van der Waals surface area (Å²) in [6.07, 6.45) is 0.683. The molecular weight excluding hydrogens is 350 g/mol. The number of hydrogen-bond donors (Lipinski definition) is 2. The summed E-state index contributed by atoms with van der Waals surface area (Å²) in [5, 5.41) is 18.2. The SMILES string of the molecule is COc1ccc(C(c2ccc(OC)cc2)N(C)C(=O)C=C(O)C(=O)O)cc1. The number of benzene rings is 2. The molecule has 0 aliphatic rings. The van der Waals surface area contributed by atoms with Crippen molar-refractivity contribution in [2.45, 2.75) is 6.04 Å². The molecule has 2 N–H and O–H groups in total. The number of carboxylic acid groups (broad SMARTS) is 1. The van der Waals surface area contributed by atoms with Gasteiger partial charge in [-0.3, -0.25) is 4.79 Å². The third-order valence-corrected chi connectivity index (χ3v) is 4.08. The molecule has 0 unspecified atom stereocenters. The highest BCUT2D eigenvalue weighted by Gasteiger charge is 2.24. The second kappa shape index (κ2) is 8.75. The summed E-state index contributed by atoms with van der Waals surface area (Å²) in [4.78, 5) is 24.6. The molecule has 7 nitrogen and oxygen atoms in total. The van der Waals surface area contributed by atoms with Gasteiger partial charge in [-0.2, -0.15) is 0 Å². The lowest BCUT2D eigenvalue weighted by molar-refractivity contribution is -0.136. The van der Waals surface area contributed by atoms with Crippen LogP contribution >= 0.6 is 0 Å². The van der Waals surface area contributed by atoms with Crippen molar-refractivity contribution in [3.63, 3.8) is 0 Å². The molecule has 1 amide bonds. The minimum atomic E-state index is -1.57. The van der Waals surface area contributed by atoms with Crippen molar-refractivity contribution in [1.29, 1.82) is 0 Å². The first-order valence-corrected chi connectivity index (χ1v) is 8.06. The van der Waals surface area contributed by atoms with Gasteiger partial charge in [-0.1, -0.05) is 24.3 Å². The normalized spacial score (nSPS) is 11.2. The van der Waals surface area contributed by atoms with Crippen molar-refractivity contribution < 1.29 is 29.3 Å². The average Bonchev–Trinajstić information content (AvgIpc) is 2.68. The topological polar surface area (TPSA) is 96.3 Å². The first-order valence-electron chi connectivity index (χ1n) is 8.06. The first kappa shape index (κ1) is 19.8. The molecule has 0 bridgehead atoms. The molecule has 0 saturated carbocycles. The number of methoxy groups -OCH3 is 2. The van der Waals surface area contributed by atoms with Gasteiger partial charge in [0.1, 0.15) is 11.5 Å². The Balaban J connectivity index is 2.45. The lowest BCUT2D eigenvalue weighted by atomic mass is 9.97. The molecule has 0 spiro atoms. The van der Waals surface area contributed by atoms with E-state index in [1.807, 2.05) is 24.3 Å². The van der Waals surface area contributed by atoms with Crippen LogP contribution in [0.25, 0.3) is 0 Å². The maximum atomic E-state index is 12.5. The van der Waals surface area contributed by atoms with Crippen LogP contribution in [0.4, 0.5) is 0 Å². The molecule has 2 aromatic carbocycles. The zero-order valence-electron chi connectivity index (χ0n) is 15.2. The standard InChI is InChI=1S/C20H21NO6/c1-21(18(23)12-17(22)20(24)25)19(13-4-8-15(26-2)9-5-13)14-6-10-16(27-3)11-7-14/h4-12,19,22H,1-3H3,(H,24,25). The summed E-state index contributed by atoms with van der Waals surface area (Å²) >= 11 is 0. The quantitative estimate of drug-likeness (QED) is 0.574. The third-order valence-electron chi connectivity index (χ3n) is 4.08. The van der Waals surface area contributed by atoms with Crippen molar-refractivity contribution >= 4 is 11.9 Å². The Morgan fingerprint density at radius 2 is 1.30 bits per heavy atom. The molecule has 27 heavy (non-hydrogen) atoms. The highest BCUT2D eigenvalue weighted by molar-refractivity contribution is 5.96. The number of nitrogens with zero attached hydrogens (tertiary/aromatic N) is 1. The van der Waals surface area contributed by atoms with Crippen LogP contribution in [0.1, 0.15) is 17.2 Å². The Morgan fingerprint density at radius 1 is 0.889 bits per heavy atom. The molecule has 0 fully saturated rings. The minimum Gasteiger partial charge on any atom is -0.502 e. The van der Waals surface area contributed by atoms with E-state index in [9.17, 15) is 14.7 Å². The minimum absolute atomic E-state index is 0.507. The molecule has 7 heteroatoms. The summed E-state index contributed by atoms with van der Waals surface area (Å²) in [6.45, 7) is 0. The molecule has 0 radical (unpaired) electrons. The molecule has 2 aromatic rings. The van der Waals surface area contributed by atoms with Crippen molar-refractivity contribution in [3.05, 3.63) is 71.5 Å². The number of likely N-dealkylation sites (N-methyl/N-ethyl adjacent to an activating group) is 1. The molecule has 0 aliphatic carbocycles. The van der Waals surface area contributed by atoms with Gasteiger partial charge in [0.2, 0.25) is 5.76 Å². The summed E-state index contributed by atoms with van der Waals surface area (Å²) in [5.74, 6) is -1.89. The number of aliphatic hydroxyl groups is 1. The number of ether oxygens (including phenoxy) is 2. The van der Waals surface area contributed by atoms with Gasteiger partial charge in [0.15, 0.2) is 0 Å². The second-order valence-electron chi connectivity index (χ2n) is 5.73. The monoisotopic (exact) mass is 371 g/mol. The predicted molar refractivity (Wildman–Crippen MR) is 98.9 cm³/mol. The smallest absolute Gasteiger partial charge is 0.371 e. The van der Waals surface area contributed by atoms with Crippen LogP contribution < -0.4 is 9.47 Å². The number of carbonyl (C=O) groups is 2. The van der Waals surface area contributed by atoms with Crippen molar-refractivity contribution in [2.75, 3.05) is 21.3 Å². The number of rotatable bonds is 7. The Hall–Kier alpha value is -3.48. The summed E-state index contributed by atoms with van der Waals surface area (Å²) in [6, 6.07) is 13.9. The average molecular weight is 371 g/mol. The van der Waals surface area contributed by atoms with Crippen molar-refractivity contribution in [1.82, 2.24) is 4.90 Å². The Bertz CT molecular complexity index is 779. The van der Waals surface area contributed by atoms with Crippen LogP contribution in [0.15, 0.2) is 60.4 Å². The van der Waals surface area contributed by atoms with E-state index in [2.05, 4.69) is 0 Å². The van der Waals surface area contributed by atoms with Crippen LogP contribution in [0, 0.1) is 0 Å². The molecule has 0 heterocycles. The molecule has 0 atom stereocenters. The van der Waals surface area contributed by atoms with Gasteiger partial charge < -0.3 is 24.6 Å². The number of hydrogen-bond acceptors (Lipinski definition) is 5. The fraction of sp³-hybridized carbons (Fsp3) is 0.200. The van der Waals surface area contributed by atoms with Crippen LogP contribution in [0.5, 0.6) is 11.5 Å². The number of amides is 1. The Kier molecular flexibility index (Phi) is 6.43. The molecular formula is C20H21NO6. The fourth-order valence-corrected chi connectivity index (χ4v) is 2.62. The molecule has 0 aromatic heterocycles. The van der Waals surface area contributed by atoms with E-state index < -0.39 is 23.7 Å². The third kappa shape index (κ3) is 4.78. The second-order valence-corrected chi connectivity index (χ2v) is 5.73. The van der Waals surface area contributed by atoms with E-state index in [0.29, 0.717) is 17.6 Å². The number of aliphatic hydroxyl groups excluding tert-OH is 1. The fourth-order valence-electron chi connectivity index (χ4n) is 2.62. The van der Waals surface area contributed by atoms with Crippen molar-refractivity contribution in [2.24, 2.45) is 0 Å². The molecule has 0 saturated heterocycles. The largest absolute Gasteiger partial charge is 0.502 e. The van der Waals surface area contributed by atoms with Gasteiger partial charge in [0.25, 0.3) is 5.91 Å². The predicted octanol–water partition coefficient (Wildman–Crippen LogP) is 2.78. The summed E-state index contributed by atoms with van der Waals surface area (Å²) in [7, 11) is 4.66. The zero-order valence-corrected chi connectivity index (χ0v) is 15.2. The van der Waals surface area contributed by atoms with Gasteiger partial charge in [-0.05, 0) is 35.4 Å². The van der Waals surface area contributed by atoms with Gasteiger partial charge in [-0.15, -0.1) is 0 Å².